The first-order chi connectivity index (χ1) is 12.9. The van der Waals surface area contributed by atoms with Gasteiger partial charge >= 0.3 is 0 Å². The van der Waals surface area contributed by atoms with Gasteiger partial charge in [-0.25, -0.2) is 4.99 Å². The molecule has 0 aliphatic carbocycles. The van der Waals surface area contributed by atoms with Gasteiger partial charge in [0.1, 0.15) is 18.1 Å². The minimum Gasteiger partial charge on any atom is -0.494 e. The Hall–Kier alpha value is -1.84. The fraction of sp³-hybridized carbons (Fsp3) is 0.526. The van der Waals surface area contributed by atoms with Gasteiger partial charge in [0.15, 0.2) is 11.8 Å². The number of rotatable bonds is 8. The highest BCUT2D eigenvalue weighted by Crippen LogP contribution is 2.14. The number of nitrogens with zero attached hydrogens (tertiary/aromatic N) is 4. The molecule has 2 heterocycles. The second-order valence-corrected chi connectivity index (χ2v) is 6.28. The molecule has 1 aromatic heterocycles. The minimum atomic E-state index is 0. The smallest absolute Gasteiger partial charge is 0.191 e. The Morgan fingerprint density at radius 2 is 2.04 bits per heavy atom. The number of guanidine groups is 1. The van der Waals surface area contributed by atoms with Gasteiger partial charge in [-0.2, -0.15) is 0 Å². The molecule has 2 aromatic rings. The van der Waals surface area contributed by atoms with Crippen molar-refractivity contribution in [2.75, 3.05) is 19.7 Å². The number of hydrogen-bond acceptors (Lipinski definition) is 4. The van der Waals surface area contributed by atoms with Crippen LogP contribution in [0.15, 0.2) is 35.3 Å². The number of benzene rings is 1. The number of hydrogen-bond donors (Lipinski definition) is 2. The summed E-state index contributed by atoms with van der Waals surface area (Å²) in [6.45, 7) is 5.92. The van der Waals surface area contributed by atoms with Crippen molar-refractivity contribution in [1.29, 1.82) is 0 Å². The van der Waals surface area contributed by atoms with E-state index in [0.29, 0.717) is 13.2 Å². The van der Waals surface area contributed by atoms with Crippen LogP contribution in [-0.2, 0) is 19.5 Å². The van der Waals surface area contributed by atoms with E-state index in [9.17, 15) is 0 Å². The van der Waals surface area contributed by atoms with Crippen LogP contribution in [0.25, 0.3) is 0 Å². The molecule has 0 bridgehead atoms. The third kappa shape index (κ3) is 6.67. The Labute approximate surface area is 178 Å². The number of halogens is 1. The maximum absolute atomic E-state index is 5.71. The molecule has 7 nitrogen and oxygen atoms in total. The van der Waals surface area contributed by atoms with Crippen LogP contribution in [-0.4, -0.2) is 40.4 Å². The summed E-state index contributed by atoms with van der Waals surface area (Å²) in [5.74, 6) is 3.76. The largest absolute Gasteiger partial charge is 0.494 e. The molecule has 8 heteroatoms. The molecular weight excluding hydrogens is 455 g/mol. The molecule has 3 rings (SSSR count). The van der Waals surface area contributed by atoms with Crippen LogP contribution >= 0.6 is 24.0 Å². The zero-order valence-corrected chi connectivity index (χ0v) is 18.2. The Balaban J connectivity index is 0.00000261. The summed E-state index contributed by atoms with van der Waals surface area (Å²) in [6, 6.07) is 9.88. The highest BCUT2D eigenvalue weighted by Gasteiger charge is 2.15. The van der Waals surface area contributed by atoms with E-state index in [0.717, 1.165) is 55.8 Å². The maximum Gasteiger partial charge on any atom is 0.191 e. The van der Waals surface area contributed by atoms with E-state index >= 15 is 0 Å². The van der Waals surface area contributed by atoms with E-state index in [2.05, 4.69) is 37.3 Å². The van der Waals surface area contributed by atoms with Crippen molar-refractivity contribution in [3.63, 3.8) is 0 Å². The molecular formula is C19H29IN6O. The summed E-state index contributed by atoms with van der Waals surface area (Å²) in [5, 5.41) is 15.2. The molecule has 1 aliphatic heterocycles. The Morgan fingerprint density at radius 3 is 2.85 bits per heavy atom. The lowest BCUT2D eigenvalue weighted by atomic mass is 10.2. The molecule has 0 radical (unpaired) electrons. The topological polar surface area (TPSA) is 76.4 Å². The maximum atomic E-state index is 5.71. The first-order valence-electron chi connectivity index (χ1n) is 9.48. The summed E-state index contributed by atoms with van der Waals surface area (Å²) >= 11 is 0. The lowest BCUT2D eigenvalue weighted by molar-refractivity contribution is 0.311. The summed E-state index contributed by atoms with van der Waals surface area (Å²) in [6.07, 6.45) is 4.33. The van der Waals surface area contributed by atoms with E-state index in [4.69, 9.17) is 4.74 Å². The fourth-order valence-electron chi connectivity index (χ4n) is 2.96. The normalized spacial score (nSPS) is 13.4. The van der Waals surface area contributed by atoms with Gasteiger partial charge in [0.2, 0.25) is 0 Å². The van der Waals surface area contributed by atoms with Crippen molar-refractivity contribution in [2.45, 2.75) is 45.7 Å². The van der Waals surface area contributed by atoms with E-state index in [1.54, 1.807) is 0 Å². The number of para-hydroxylation sites is 1. The van der Waals surface area contributed by atoms with Crippen LogP contribution in [0, 0.1) is 0 Å². The van der Waals surface area contributed by atoms with Gasteiger partial charge in [-0.05, 0) is 38.3 Å². The SMILES string of the molecule is CCNC(=NCc1nnc2n1CCCC2)NCCCOc1ccccc1.I. The number of aromatic nitrogens is 3. The van der Waals surface area contributed by atoms with Crippen LogP contribution in [0.4, 0.5) is 0 Å². The van der Waals surface area contributed by atoms with Crippen LogP contribution in [0.1, 0.15) is 37.8 Å². The standard InChI is InChI=1S/C19H28N6O.HI/c1-2-20-19(21-12-8-14-26-16-9-4-3-5-10-16)22-15-18-24-23-17-11-6-7-13-25(17)18;/h3-5,9-10H,2,6-8,11-15H2,1H3,(H2,20,21,22);1H. The van der Waals surface area contributed by atoms with Gasteiger partial charge in [-0.3, -0.25) is 0 Å². The molecule has 1 aliphatic rings. The number of nitrogens with one attached hydrogen (secondary N) is 2. The molecule has 1 aromatic carbocycles. The van der Waals surface area contributed by atoms with Crippen molar-refractivity contribution in [3.05, 3.63) is 42.0 Å². The number of fused-ring (bicyclic) bond motifs is 1. The highest BCUT2D eigenvalue weighted by atomic mass is 127. The molecule has 0 atom stereocenters. The van der Waals surface area contributed by atoms with Gasteiger partial charge in [0.25, 0.3) is 0 Å². The first kappa shape index (κ1) is 21.5. The third-order valence-corrected chi connectivity index (χ3v) is 4.28. The second kappa shape index (κ2) is 11.8. The van der Waals surface area contributed by atoms with E-state index < -0.39 is 0 Å². The van der Waals surface area contributed by atoms with Gasteiger partial charge in [0.05, 0.1) is 6.61 Å². The molecule has 0 saturated heterocycles. The van der Waals surface area contributed by atoms with Gasteiger partial charge in [-0.15, -0.1) is 34.2 Å². The predicted molar refractivity (Wildman–Crippen MR) is 118 cm³/mol. The van der Waals surface area contributed by atoms with Crippen molar-refractivity contribution >= 4 is 29.9 Å². The van der Waals surface area contributed by atoms with Crippen molar-refractivity contribution in [1.82, 2.24) is 25.4 Å². The molecule has 27 heavy (non-hydrogen) atoms. The lowest BCUT2D eigenvalue weighted by Gasteiger charge is -2.14. The average molecular weight is 484 g/mol. The summed E-state index contributed by atoms with van der Waals surface area (Å²) in [5.41, 5.74) is 0. The fourth-order valence-corrected chi connectivity index (χ4v) is 2.96. The lowest BCUT2D eigenvalue weighted by Crippen LogP contribution is -2.38. The quantitative estimate of drug-likeness (QED) is 0.261. The monoisotopic (exact) mass is 484 g/mol. The summed E-state index contributed by atoms with van der Waals surface area (Å²) in [4.78, 5) is 4.65. The van der Waals surface area contributed by atoms with Crippen molar-refractivity contribution < 1.29 is 4.74 Å². The Kier molecular flexibility index (Phi) is 9.37. The highest BCUT2D eigenvalue weighted by molar-refractivity contribution is 14.0. The van der Waals surface area contributed by atoms with Crippen LogP contribution in [0.3, 0.4) is 0 Å². The number of ether oxygens (including phenoxy) is 1. The van der Waals surface area contributed by atoms with Crippen molar-refractivity contribution in [3.8, 4) is 5.75 Å². The summed E-state index contributed by atoms with van der Waals surface area (Å²) in [7, 11) is 0. The summed E-state index contributed by atoms with van der Waals surface area (Å²) < 4.78 is 7.92. The van der Waals surface area contributed by atoms with Crippen LogP contribution in [0.2, 0.25) is 0 Å². The van der Waals surface area contributed by atoms with Gasteiger partial charge in [-0.1, -0.05) is 18.2 Å². The molecule has 0 unspecified atom stereocenters. The van der Waals surface area contributed by atoms with Crippen LogP contribution in [0.5, 0.6) is 5.75 Å². The minimum absolute atomic E-state index is 0. The molecule has 0 spiro atoms. The Morgan fingerprint density at radius 1 is 1.19 bits per heavy atom. The van der Waals surface area contributed by atoms with Crippen molar-refractivity contribution in [2.24, 2.45) is 4.99 Å². The second-order valence-electron chi connectivity index (χ2n) is 6.28. The zero-order chi connectivity index (χ0) is 18.0. The number of aryl methyl sites for hydroxylation is 1. The average Bonchev–Trinajstić information content (AvgIpc) is 3.10. The Bertz CT molecular complexity index is 703. The predicted octanol–water partition coefficient (Wildman–Crippen LogP) is 2.76. The molecule has 0 saturated carbocycles. The third-order valence-electron chi connectivity index (χ3n) is 4.28. The molecule has 2 N–H and O–H groups in total. The molecule has 0 amide bonds. The number of aliphatic imine (C=N–C) groups is 1. The van der Waals surface area contributed by atoms with E-state index in [-0.39, 0.29) is 24.0 Å². The molecule has 0 fully saturated rings. The van der Waals surface area contributed by atoms with E-state index in [1.165, 1.54) is 12.8 Å². The first-order valence-corrected chi connectivity index (χ1v) is 9.48. The van der Waals surface area contributed by atoms with Crippen LogP contribution < -0.4 is 15.4 Å². The van der Waals surface area contributed by atoms with Gasteiger partial charge in [0, 0.05) is 26.1 Å². The zero-order valence-electron chi connectivity index (χ0n) is 15.9. The van der Waals surface area contributed by atoms with Gasteiger partial charge < -0.3 is 19.9 Å². The molecule has 148 valence electrons. The van der Waals surface area contributed by atoms with E-state index in [1.807, 2.05) is 30.3 Å².